The Hall–Kier alpha value is -4.13. The highest BCUT2D eigenvalue weighted by molar-refractivity contribution is 7.80. The summed E-state index contributed by atoms with van der Waals surface area (Å²) in [4.78, 5) is 6.90. The number of para-hydroxylation sites is 1. The van der Waals surface area contributed by atoms with E-state index in [1.807, 2.05) is 92.0 Å². The molecule has 0 spiro atoms. The lowest BCUT2D eigenvalue weighted by Crippen LogP contribution is -2.29. The van der Waals surface area contributed by atoms with E-state index in [2.05, 4.69) is 46.8 Å². The highest BCUT2D eigenvalue weighted by Crippen LogP contribution is 2.44. The van der Waals surface area contributed by atoms with Gasteiger partial charge in [0, 0.05) is 34.0 Å². The maximum atomic E-state index is 6.19. The van der Waals surface area contributed by atoms with E-state index in [1.165, 1.54) is 5.56 Å². The average Bonchev–Trinajstić information content (AvgIpc) is 3.46. The van der Waals surface area contributed by atoms with Crippen LogP contribution in [0.5, 0.6) is 11.5 Å². The summed E-state index contributed by atoms with van der Waals surface area (Å²) in [6.07, 6.45) is 1.83. The van der Waals surface area contributed by atoms with Crippen LogP contribution in [0.2, 0.25) is 5.02 Å². The molecule has 0 amide bonds. The molecule has 1 N–H and O–H groups in total. The first-order valence-electron chi connectivity index (χ1n) is 13.2. The molecule has 1 saturated heterocycles. The zero-order valence-electron chi connectivity index (χ0n) is 22.5. The second-order valence-corrected chi connectivity index (χ2v) is 10.8. The van der Waals surface area contributed by atoms with Gasteiger partial charge in [-0.25, -0.2) is 0 Å². The molecule has 5 aromatic rings. The number of thiocarbonyl (C=S) groups is 1. The second kappa shape index (κ2) is 10.8. The molecule has 5 nitrogen and oxygen atoms in total. The lowest BCUT2D eigenvalue weighted by molar-refractivity contribution is 0.479. The first kappa shape index (κ1) is 26.1. The molecule has 0 aliphatic carbocycles. The molecule has 0 bridgehead atoms. The summed E-state index contributed by atoms with van der Waals surface area (Å²) in [6, 6.07) is 32.1. The molecule has 200 valence electrons. The summed E-state index contributed by atoms with van der Waals surface area (Å²) in [6.45, 7) is 6.33. The smallest absolute Gasteiger partial charge is 0.174 e. The third-order valence-electron chi connectivity index (χ3n) is 7.41. The SMILES string of the molecule is Cc1ccccc1Oc1ccc(N2C(=S)NC(c3ccccn3)C2c2cc(C)n(-c3ccc(Cl)cc3)c2C)cc1. The Kier molecular flexibility index (Phi) is 7.05. The van der Waals surface area contributed by atoms with Gasteiger partial charge >= 0.3 is 0 Å². The minimum absolute atomic E-state index is 0.113. The third kappa shape index (κ3) is 4.85. The van der Waals surface area contributed by atoms with E-state index in [1.54, 1.807) is 0 Å². The molecule has 3 heterocycles. The summed E-state index contributed by atoms with van der Waals surface area (Å²) in [5.41, 5.74) is 7.53. The van der Waals surface area contributed by atoms with Gasteiger partial charge in [-0.15, -0.1) is 0 Å². The lowest BCUT2D eigenvalue weighted by atomic mass is 9.96. The Morgan fingerprint density at radius 1 is 0.850 bits per heavy atom. The number of nitrogens with one attached hydrogen (secondary N) is 1. The number of pyridine rings is 1. The number of hydrogen-bond acceptors (Lipinski definition) is 3. The van der Waals surface area contributed by atoms with Crippen LogP contribution in [-0.2, 0) is 0 Å². The predicted molar refractivity (Wildman–Crippen MR) is 166 cm³/mol. The lowest BCUT2D eigenvalue weighted by Gasteiger charge is -2.28. The number of benzene rings is 3. The molecule has 1 fully saturated rings. The van der Waals surface area contributed by atoms with E-state index in [0.717, 1.165) is 45.5 Å². The van der Waals surface area contributed by atoms with Crippen molar-refractivity contribution in [3.8, 4) is 17.2 Å². The molecule has 2 aromatic heterocycles. The van der Waals surface area contributed by atoms with Gasteiger partial charge in [0.05, 0.1) is 17.8 Å². The van der Waals surface area contributed by atoms with Crippen LogP contribution in [0.1, 0.15) is 40.3 Å². The number of halogens is 1. The Balaban J connectivity index is 1.41. The Morgan fingerprint density at radius 2 is 1.55 bits per heavy atom. The van der Waals surface area contributed by atoms with Gasteiger partial charge in [0.2, 0.25) is 0 Å². The maximum Gasteiger partial charge on any atom is 0.174 e. The summed E-state index contributed by atoms with van der Waals surface area (Å²) < 4.78 is 8.43. The fraction of sp³-hybridized carbons (Fsp3) is 0.152. The highest BCUT2D eigenvalue weighted by Gasteiger charge is 2.42. The van der Waals surface area contributed by atoms with Crippen molar-refractivity contribution in [2.75, 3.05) is 4.90 Å². The van der Waals surface area contributed by atoms with Crippen LogP contribution in [-0.4, -0.2) is 14.7 Å². The van der Waals surface area contributed by atoms with Crippen molar-refractivity contribution < 1.29 is 4.74 Å². The molecule has 7 heteroatoms. The van der Waals surface area contributed by atoms with Crippen LogP contribution in [0, 0.1) is 20.8 Å². The van der Waals surface area contributed by atoms with E-state index in [-0.39, 0.29) is 12.1 Å². The van der Waals surface area contributed by atoms with Gasteiger partial charge in [-0.2, -0.15) is 0 Å². The fourth-order valence-electron chi connectivity index (χ4n) is 5.50. The average molecular weight is 565 g/mol. The molecule has 0 saturated carbocycles. The van der Waals surface area contributed by atoms with E-state index < -0.39 is 0 Å². The minimum Gasteiger partial charge on any atom is -0.457 e. The van der Waals surface area contributed by atoms with Crippen LogP contribution >= 0.6 is 23.8 Å². The summed E-state index contributed by atoms with van der Waals surface area (Å²) >= 11 is 12.1. The zero-order chi connectivity index (χ0) is 27.8. The summed E-state index contributed by atoms with van der Waals surface area (Å²) in [5.74, 6) is 1.62. The number of ether oxygens (including phenoxy) is 1. The summed E-state index contributed by atoms with van der Waals surface area (Å²) in [7, 11) is 0. The molecule has 2 unspecified atom stereocenters. The number of aromatic nitrogens is 2. The van der Waals surface area contributed by atoms with Crippen LogP contribution in [0.3, 0.4) is 0 Å². The van der Waals surface area contributed by atoms with Crippen molar-refractivity contribution in [1.29, 1.82) is 0 Å². The molecule has 2 atom stereocenters. The number of rotatable bonds is 6. The second-order valence-electron chi connectivity index (χ2n) is 10.00. The summed E-state index contributed by atoms with van der Waals surface area (Å²) in [5, 5.41) is 4.94. The number of anilines is 1. The van der Waals surface area contributed by atoms with Crippen molar-refractivity contribution in [2.45, 2.75) is 32.9 Å². The molecule has 1 aliphatic rings. The first-order valence-corrected chi connectivity index (χ1v) is 14.0. The number of aryl methyl sites for hydroxylation is 2. The molecule has 40 heavy (non-hydrogen) atoms. The van der Waals surface area contributed by atoms with Crippen molar-refractivity contribution in [1.82, 2.24) is 14.9 Å². The highest BCUT2D eigenvalue weighted by atomic mass is 35.5. The standard InChI is InChI=1S/C33H29ClN4OS/c1-21-8-4-5-10-30(21)39-27-17-15-26(16-18-27)38-32(31(36-33(38)40)29-9-6-7-19-35-29)28-20-22(2)37(23(28)3)25-13-11-24(34)12-14-25/h4-20,31-32H,1-3H3,(H,36,40). The quantitative estimate of drug-likeness (QED) is 0.210. The van der Waals surface area contributed by atoms with Crippen LogP contribution in [0.4, 0.5) is 5.69 Å². The Bertz CT molecular complexity index is 1670. The van der Waals surface area contributed by atoms with Crippen molar-refractivity contribution >= 4 is 34.6 Å². The Morgan fingerprint density at radius 3 is 2.25 bits per heavy atom. The largest absolute Gasteiger partial charge is 0.457 e. The van der Waals surface area contributed by atoms with Gasteiger partial charge in [0.25, 0.3) is 0 Å². The molecular weight excluding hydrogens is 536 g/mol. The van der Waals surface area contributed by atoms with Crippen LogP contribution < -0.4 is 15.0 Å². The van der Waals surface area contributed by atoms with Gasteiger partial charge in [0.1, 0.15) is 11.5 Å². The monoisotopic (exact) mass is 564 g/mol. The normalized spacial score (nSPS) is 16.7. The molecule has 1 aliphatic heterocycles. The first-order chi connectivity index (χ1) is 19.4. The topological polar surface area (TPSA) is 42.3 Å². The van der Waals surface area contributed by atoms with Crippen molar-refractivity contribution in [2.24, 2.45) is 0 Å². The van der Waals surface area contributed by atoms with Crippen molar-refractivity contribution in [3.63, 3.8) is 0 Å². The van der Waals surface area contributed by atoms with E-state index in [0.29, 0.717) is 10.1 Å². The molecule has 0 radical (unpaired) electrons. The van der Waals surface area contributed by atoms with Gasteiger partial charge in [-0.1, -0.05) is 35.9 Å². The van der Waals surface area contributed by atoms with Gasteiger partial charge in [-0.3, -0.25) is 4.98 Å². The van der Waals surface area contributed by atoms with Gasteiger partial charge in [0.15, 0.2) is 5.11 Å². The van der Waals surface area contributed by atoms with Crippen molar-refractivity contribution in [3.05, 3.63) is 136 Å². The maximum absolute atomic E-state index is 6.19. The Labute approximate surface area is 245 Å². The van der Waals surface area contributed by atoms with E-state index in [9.17, 15) is 0 Å². The predicted octanol–water partition coefficient (Wildman–Crippen LogP) is 8.42. The fourth-order valence-corrected chi connectivity index (χ4v) is 5.97. The van der Waals surface area contributed by atoms with E-state index >= 15 is 0 Å². The zero-order valence-corrected chi connectivity index (χ0v) is 24.1. The molecular formula is C33H29ClN4OS. The third-order valence-corrected chi connectivity index (χ3v) is 7.97. The van der Waals surface area contributed by atoms with Gasteiger partial charge in [-0.05, 0) is 117 Å². The molecule has 6 rings (SSSR count). The van der Waals surface area contributed by atoms with Crippen LogP contribution in [0.15, 0.2) is 103 Å². The van der Waals surface area contributed by atoms with Crippen LogP contribution in [0.25, 0.3) is 5.69 Å². The number of hydrogen-bond donors (Lipinski definition) is 1. The molecule has 3 aromatic carbocycles. The number of nitrogens with zero attached hydrogens (tertiary/aromatic N) is 3. The minimum atomic E-state index is -0.129. The van der Waals surface area contributed by atoms with Gasteiger partial charge < -0.3 is 19.5 Å². The van der Waals surface area contributed by atoms with E-state index in [4.69, 9.17) is 33.5 Å².